The summed E-state index contributed by atoms with van der Waals surface area (Å²) in [4.78, 5) is 19.9. The number of nitrogens with zero attached hydrogens (tertiary/aromatic N) is 2. The molecule has 0 spiro atoms. The third kappa shape index (κ3) is 1.32. The van der Waals surface area contributed by atoms with Crippen molar-refractivity contribution in [2.75, 3.05) is 0 Å². The first-order chi connectivity index (χ1) is 8.56. The van der Waals surface area contributed by atoms with E-state index in [1.807, 2.05) is 0 Å². The SMILES string of the molecule is O=[N+]([O-])c1cc2c(ccc3oc([N+](=O)[O-])cc32)o1. The number of nitro groups is 2. The summed E-state index contributed by atoms with van der Waals surface area (Å²) in [5, 5.41) is 22.0. The zero-order valence-electron chi connectivity index (χ0n) is 8.65. The molecule has 3 rings (SSSR count). The van der Waals surface area contributed by atoms with Crippen molar-refractivity contribution in [3.05, 3.63) is 44.5 Å². The number of furan rings is 2. The highest BCUT2D eigenvalue weighted by Gasteiger charge is 2.20. The molecule has 90 valence electrons. The van der Waals surface area contributed by atoms with Crippen molar-refractivity contribution in [3.63, 3.8) is 0 Å². The van der Waals surface area contributed by atoms with Crippen molar-refractivity contribution in [2.24, 2.45) is 0 Å². The van der Waals surface area contributed by atoms with Crippen LogP contribution in [0.3, 0.4) is 0 Å². The Kier molecular flexibility index (Phi) is 1.88. The fourth-order valence-electron chi connectivity index (χ4n) is 1.78. The van der Waals surface area contributed by atoms with E-state index in [4.69, 9.17) is 8.83 Å². The fraction of sp³-hybridized carbons (Fsp3) is 0. The monoisotopic (exact) mass is 248 g/mol. The Morgan fingerprint density at radius 2 is 1.22 bits per heavy atom. The maximum absolute atomic E-state index is 10.6. The maximum atomic E-state index is 10.6. The standard InChI is InChI=1S/C10H4N2O6/c13-11(14)9-3-5-6-4-10(12(15)16)18-8(6)2-1-7(5)17-9/h1-4H. The van der Waals surface area contributed by atoms with Gasteiger partial charge < -0.3 is 8.83 Å². The predicted molar refractivity (Wildman–Crippen MR) is 59.3 cm³/mol. The summed E-state index contributed by atoms with van der Waals surface area (Å²) < 4.78 is 9.99. The number of benzene rings is 1. The molecule has 8 nitrogen and oxygen atoms in total. The van der Waals surface area contributed by atoms with Gasteiger partial charge in [0, 0.05) is 10.8 Å². The second kappa shape index (κ2) is 3.29. The zero-order chi connectivity index (χ0) is 12.9. The van der Waals surface area contributed by atoms with E-state index >= 15 is 0 Å². The van der Waals surface area contributed by atoms with Crippen LogP contribution in [0.2, 0.25) is 0 Å². The van der Waals surface area contributed by atoms with Gasteiger partial charge in [0.05, 0.1) is 12.1 Å². The summed E-state index contributed by atoms with van der Waals surface area (Å²) in [6, 6.07) is 5.38. The Balaban J connectivity index is 2.37. The van der Waals surface area contributed by atoms with Crippen LogP contribution in [-0.2, 0) is 0 Å². The predicted octanol–water partition coefficient (Wildman–Crippen LogP) is 3.00. The number of hydrogen-bond acceptors (Lipinski definition) is 6. The zero-order valence-corrected chi connectivity index (χ0v) is 8.65. The third-order valence-corrected chi connectivity index (χ3v) is 2.53. The molecule has 3 aromatic rings. The van der Waals surface area contributed by atoms with Gasteiger partial charge >= 0.3 is 11.8 Å². The Hall–Kier alpha value is -2.90. The Morgan fingerprint density at radius 3 is 1.56 bits per heavy atom. The molecule has 0 aliphatic heterocycles. The summed E-state index contributed by atoms with van der Waals surface area (Å²) in [5.41, 5.74) is 0.565. The molecule has 0 saturated carbocycles. The van der Waals surface area contributed by atoms with Crippen molar-refractivity contribution in [2.45, 2.75) is 0 Å². The molecular weight excluding hydrogens is 244 g/mol. The van der Waals surface area contributed by atoms with Crippen molar-refractivity contribution in [3.8, 4) is 0 Å². The summed E-state index contributed by atoms with van der Waals surface area (Å²) in [7, 11) is 0. The van der Waals surface area contributed by atoms with Gasteiger partial charge in [-0.3, -0.25) is 20.2 Å². The summed E-state index contributed by atoms with van der Waals surface area (Å²) >= 11 is 0. The molecule has 0 radical (unpaired) electrons. The molecule has 0 saturated heterocycles. The first kappa shape index (κ1) is 10.3. The molecule has 0 bridgehead atoms. The van der Waals surface area contributed by atoms with Crippen LogP contribution >= 0.6 is 0 Å². The molecule has 0 fully saturated rings. The van der Waals surface area contributed by atoms with Gasteiger partial charge in [0.25, 0.3) is 0 Å². The minimum absolute atomic E-state index is 0.282. The van der Waals surface area contributed by atoms with E-state index in [1.54, 1.807) is 0 Å². The van der Waals surface area contributed by atoms with Crippen LogP contribution in [0, 0.1) is 20.2 Å². The molecule has 0 aliphatic carbocycles. The van der Waals surface area contributed by atoms with Gasteiger partial charge in [-0.05, 0) is 12.1 Å². The Morgan fingerprint density at radius 1 is 0.833 bits per heavy atom. The smallest absolute Gasteiger partial charge is 0.401 e. The lowest BCUT2D eigenvalue weighted by Gasteiger charge is -1.87. The largest absolute Gasteiger partial charge is 0.434 e. The molecule has 2 heterocycles. The molecular formula is C10H4N2O6. The van der Waals surface area contributed by atoms with Crippen LogP contribution < -0.4 is 0 Å². The lowest BCUT2D eigenvalue weighted by Crippen LogP contribution is -1.82. The van der Waals surface area contributed by atoms with E-state index in [2.05, 4.69) is 0 Å². The lowest BCUT2D eigenvalue weighted by molar-refractivity contribution is -0.401. The van der Waals surface area contributed by atoms with Gasteiger partial charge in [-0.1, -0.05) is 0 Å². The number of rotatable bonds is 2. The highest BCUT2D eigenvalue weighted by Crippen LogP contribution is 2.34. The van der Waals surface area contributed by atoms with E-state index in [9.17, 15) is 20.2 Å². The Bertz CT molecular complexity index is 732. The summed E-state index contributed by atoms with van der Waals surface area (Å²) in [6.07, 6.45) is 0. The molecule has 1 aromatic carbocycles. The highest BCUT2D eigenvalue weighted by molar-refractivity contribution is 6.05. The summed E-state index contributed by atoms with van der Waals surface area (Å²) in [5.74, 6) is -0.831. The summed E-state index contributed by atoms with van der Waals surface area (Å²) in [6.45, 7) is 0. The van der Waals surface area contributed by atoms with Gasteiger partial charge in [-0.25, -0.2) is 0 Å². The van der Waals surface area contributed by atoms with Crippen molar-refractivity contribution in [1.82, 2.24) is 0 Å². The second-order valence-corrected chi connectivity index (χ2v) is 3.57. The Labute approximate surface area is 97.7 Å². The van der Waals surface area contributed by atoms with Crippen molar-refractivity contribution >= 4 is 33.7 Å². The molecule has 0 aliphatic rings. The molecule has 0 amide bonds. The van der Waals surface area contributed by atoms with Crippen LogP contribution in [0.15, 0.2) is 33.1 Å². The average Bonchev–Trinajstić information content (AvgIpc) is 2.91. The van der Waals surface area contributed by atoms with Crippen molar-refractivity contribution < 1.29 is 18.7 Å². The van der Waals surface area contributed by atoms with Gasteiger partial charge in [-0.2, -0.15) is 0 Å². The average molecular weight is 248 g/mol. The molecule has 18 heavy (non-hydrogen) atoms. The van der Waals surface area contributed by atoms with E-state index < -0.39 is 21.6 Å². The van der Waals surface area contributed by atoms with Crippen LogP contribution in [0.1, 0.15) is 0 Å². The van der Waals surface area contributed by atoms with Gasteiger partial charge in [-0.15, -0.1) is 0 Å². The van der Waals surface area contributed by atoms with Crippen LogP contribution in [-0.4, -0.2) is 9.85 Å². The minimum atomic E-state index is -0.666. The molecule has 0 unspecified atom stereocenters. The van der Waals surface area contributed by atoms with Crippen LogP contribution in [0.25, 0.3) is 21.9 Å². The molecule has 2 aromatic heterocycles. The van der Waals surface area contributed by atoms with Crippen molar-refractivity contribution in [1.29, 1.82) is 0 Å². The van der Waals surface area contributed by atoms with Crippen LogP contribution in [0.5, 0.6) is 0 Å². The lowest BCUT2D eigenvalue weighted by atomic mass is 10.2. The normalized spacial score (nSPS) is 11.1. The number of hydrogen-bond donors (Lipinski definition) is 0. The van der Waals surface area contributed by atoms with E-state index in [-0.39, 0.29) is 11.2 Å². The molecule has 8 heteroatoms. The maximum Gasteiger partial charge on any atom is 0.434 e. The fourth-order valence-corrected chi connectivity index (χ4v) is 1.78. The topological polar surface area (TPSA) is 113 Å². The quantitative estimate of drug-likeness (QED) is 0.508. The highest BCUT2D eigenvalue weighted by atomic mass is 16.7. The van der Waals surface area contributed by atoms with E-state index in [0.717, 1.165) is 0 Å². The minimum Gasteiger partial charge on any atom is -0.401 e. The second-order valence-electron chi connectivity index (χ2n) is 3.57. The third-order valence-electron chi connectivity index (χ3n) is 2.53. The van der Waals surface area contributed by atoms with Gasteiger partial charge in [0.1, 0.15) is 21.0 Å². The molecule has 0 atom stereocenters. The number of fused-ring (bicyclic) bond motifs is 3. The molecule has 0 N–H and O–H groups in total. The van der Waals surface area contributed by atoms with Gasteiger partial charge in [0.2, 0.25) is 0 Å². The first-order valence-corrected chi connectivity index (χ1v) is 4.81. The van der Waals surface area contributed by atoms with Gasteiger partial charge in [0.15, 0.2) is 0 Å². The van der Waals surface area contributed by atoms with E-state index in [0.29, 0.717) is 10.8 Å². The first-order valence-electron chi connectivity index (χ1n) is 4.81. The van der Waals surface area contributed by atoms with Crippen LogP contribution in [0.4, 0.5) is 11.8 Å². The van der Waals surface area contributed by atoms with E-state index in [1.165, 1.54) is 24.3 Å².